The van der Waals surface area contributed by atoms with Crippen molar-refractivity contribution in [2.75, 3.05) is 0 Å². The average Bonchev–Trinajstić information content (AvgIpc) is 2.82. The Labute approximate surface area is 135 Å². The van der Waals surface area contributed by atoms with Crippen molar-refractivity contribution in [1.82, 2.24) is 14.5 Å². The lowest BCUT2D eigenvalue weighted by atomic mass is 9.78. The first kappa shape index (κ1) is 12.4. The largest absolute Gasteiger partial charge is 0.497 e. The van der Waals surface area contributed by atoms with E-state index in [2.05, 4.69) is 25.9 Å². The van der Waals surface area contributed by atoms with Crippen LogP contribution in [0.2, 0.25) is 0 Å². The van der Waals surface area contributed by atoms with Crippen molar-refractivity contribution in [2.45, 2.75) is 38.9 Å². The summed E-state index contributed by atoms with van der Waals surface area (Å²) >= 11 is 3.19. The van der Waals surface area contributed by atoms with Crippen LogP contribution in [0.4, 0.5) is 0 Å². The number of hydrogen-bond acceptors (Lipinski definition) is 4. The lowest BCUT2D eigenvalue weighted by Gasteiger charge is -2.32. The maximum absolute atomic E-state index is 8.10. The lowest BCUT2D eigenvalue weighted by Crippen LogP contribution is -2.41. The predicted octanol–water partition coefficient (Wildman–Crippen LogP) is 2.33. The Bertz CT molecular complexity index is 750. The molecule has 0 saturated carbocycles. The molecule has 0 atom stereocenters. The quantitative estimate of drug-likeness (QED) is 0.779. The van der Waals surface area contributed by atoms with Crippen LogP contribution in [0.1, 0.15) is 30.4 Å². The van der Waals surface area contributed by atoms with E-state index >= 15 is 0 Å². The molecule has 21 heavy (non-hydrogen) atoms. The minimum Gasteiger partial charge on any atom is -0.399 e. The number of imidazole rings is 1. The van der Waals surface area contributed by atoms with E-state index < -0.39 is 18.3 Å². The Kier molecular flexibility index (Phi) is 2.91. The Hall–Kier alpha value is -1.18. The predicted molar refractivity (Wildman–Crippen MR) is 84.8 cm³/mol. The van der Waals surface area contributed by atoms with Crippen LogP contribution in [0, 0.1) is 0 Å². The molecule has 1 saturated heterocycles. The summed E-state index contributed by atoms with van der Waals surface area (Å²) in [6.45, 7) is 7.92. The molecule has 0 radical (unpaired) electrons. The molecule has 110 valence electrons. The summed E-state index contributed by atoms with van der Waals surface area (Å²) < 4.78 is 30.0. The zero-order valence-electron chi connectivity index (χ0n) is 14.3. The van der Waals surface area contributed by atoms with Gasteiger partial charge in [-0.3, -0.25) is 4.98 Å². The zero-order chi connectivity index (χ0) is 17.0. The molecule has 5 nitrogen and oxygen atoms in total. The molecule has 1 fully saturated rings. The van der Waals surface area contributed by atoms with E-state index in [9.17, 15) is 0 Å². The SMILES string of the molecule is [2H]c1nc(Br)c([2H])n1-c1cnccc1B1OC(C)(C)C(C)(C)O1. The molecule has 1 aliphatic heterocycles. The molecule has 0 aromatic carbocycles. The minimum atomic E-state index is -0.599. The van der Waals surface area contributed by atoms with Crippen molar-refractivity contribution in [3.8, 4) is 5.69 Å². The van der Waals surface area contributed by atoms with E-state index in [4.69, 9.17) is 12.1 Å². The van der Waals surface area contributed by atoms with Crippen molar-refractivity contribution in [1.29, 1.82) is 0 Å². The van der Waals surface area contributed by atoms with Gasteiger partial charge in [0.2, 0.25) is 0 Å². The first-order valence-electron chi connectivity index (χ1n) is 7.65. The van der Waals surface area contributed by atoms with Crippen LogP contribution in [0.15, 0.2) is 35.5 Å². The summed E-state index contributed by atoms with van der Waals surface area (Å²) in [5.74, 6) is 0. The molecule has 0 amide bonds. The van der Waals surface area contributed by atoms with Gasteiger partial charge in [0.05, 0.1) is 24.5 Å². The maximum Gasteiger partial charge on any atom is 0.497 e. The smallest absolute Gasteiger partial charge is 0.399 e. The maximum atomic E-state index is 8.10. The molecule has 0 bridgehead atoms. The van der Waals surface area contributed by atoms with Crippen LogP contribution >= 0.6 is 15.9 Å². The molecule has 0 spiro atoms. The molecule has 0 N–H and O–H groups in total. The van der Waals surface area contributed by atoms with Crippen molar-refractivity contribution in [3.63, 3.8) is 0 Å². The highest BCUT2D eigenvalue weighted by molar-refractivity contribution is 9.10. The molecular formula is C14H17BBrN3O2. The molecule has 7 heteroatoms. The summed E-state index contributed by atoms with van der Waals surface area (Å²) in [5.41, 5.74) is 0.326. The second kappa shape index (κ2) is 4.93. The van der Waals surface area contributed by atoms with E-state index in [-0.39, 0.29) is 12.5 Å². The molecule has 0 aliphatic carbocycles. The third kappa shape index (κ3) is 2.54. The molecule has 2 aromatic rings. The van der Waals surface area contributed by atoms with Crippen molar-refractivity contribution in [2.24, 2.45) is 0 Å². The van der Waals surface area contributed by atoms with E-state index in [0.29, 0.717) is 15.8 Å². The zero-order valence-corrected chi connectivity index (χ0v) is 13.9. The number of nitrogens with zero attached hydrogens (tertiary/aromatic N) is 3. The van der Waals surface area contributed by atoms with Crippen LogP contribution < -0.4 is 5.46 Å². The first-order valence-corrected chi connectivity index (χ1v) is 7.45. The summed E-state index contributed by atoms with van der Waals surface area (Å²) in [4.78, 5) is 8.08. The number of aromatic nitrogens is 3. The van der Waals surface area contributed by atoms with Crippen LogP contribution in [0.5, 0.6) is 0 Å². The highest BCUT2D eigenvalue weighted by atomic mass is 79.9. The molecule has 3 rings (SSSR count). The Morgan fingerprint density at radius 2 is 1.95 bits per heavy atom. The fourth-order valence-corrected chi connectivity index (χ4v) is 2.36. The fourth-order valence-electron chi connectivity index (χ4n) is 2.10. The standard InChI is InChI=1S/C14H17BBrN3O2/c1-13(2)14(3,4)21-15(20-13)10-5-6-17-7-11(10)19-8-12(16)18-9-19/h5-9H,1-4H3/i8D,9D. The van der Waals surface area contributed by atoms with Crippen molar-refractivity contribution < 1.29 is 12.1 Å². The van der Waals surface area contributed by atoms with Gasteiger partial charge in [0.1, 0.15) is 12.3 Å². The number of hydrogen-bond donors (Lipinski definition) is 0. The van der Waals surface area contributed by atoms with Crippen LogP contribution in [0.3, 0.4) is 0 Å². The van der Waals surface area contributed by atoms with E-state index in [1.165, 1.54) is 4.57 Å². The minimum absolute atomic E-state index is 0.0485. The van der Waals surface area contributed by atoms with Gasteiger partial charge in [-0.15, -0.1) is 0 Å². The highest BCUT2D eigenvalue weighted by Crippen LogP contribution is 2.36. The Balaban J connectivity index is 2.10. The average molecular weight is 352 g/mol. The molecule has 1 aliphatic rings. The first-order chi connectivity index (χ1) is 10.6. The molecular weight excluding hydrogens is 333 g/mol. The highest BCUT2D eigenvalue weighted by Gasteiger charge is 2.52. The second-order valence-corrected chi connectivity index (χ2v) is 6.72. The van der Waals surface area contributed by atoms with E-state index in [1.54, 1.807) is 18.5 Å². The molecule has 2 aromatic heterocycles. The van der Waals surface area contributed by atoms with Gasteiger partial charge < -0.3 is 13.9 Å². The van der Waals surface area contributed by atoms with Crippen molar-refractivity contribution in [3.05, 3.63) is 35.5 Å². The summed E-state index contributed by atoms with van der Waals surface area (Å²) in [5, 5.41) is 0. The van der Waals surface area contributed by atoms with Gasteiger partial charge in [-0.25, -0.2) is 4.98 Å². The van der Waals surface area contributed by atoms with Gasteiger partial charge in [-0.1, -0.05) is 0 Å². The third-order valence-corrected chi connectivity index (χ3v) is 4.39. The monoisotopic (exact) mass is 351 g/mol. The van der Waals surface area contributed by atoms with Gasteiger partial charge >= 0.3 is 7.12 Å². The van der Waals surface area contributed by atoms with Crippen LogP contribution in [-0.4, -0.2) is 32.9 Å². The number of rotatable bonds is 2. The Morgan fingerprint density at radius 1 is 1.29 bits per heavy atom. The van der Waals surface area contributed by atoms with Crippen LogP contribution in [-0.2, 0) is 9.31 Å². The van der Waals surface area contributed by atoms with Gasteiger partial charge in [-0.05, 0) is 49.7 Å². The fraction of sp³-hybridized carbons (Fsp3) is 0.429. The molecule has 0 unspecified atom stereocenters. The summed E-state index contributed by atoms with van der Waals surface area (Å²) in [7, 11) is -0.599. The summed E-state index contributed by atoms with van der Waals surface area (Å²) in [6, 6.07) is 1.78. The van der Waals surface area contributed by atoms with Crippen molar-refractivity contribution >= 4 is 28.5 Å². The molecule has 3 heterocycles. The topological polar surface area (TPSA) is 49.2 Å². The second-order valence-electron chi connectivity index (χ2n) is 5.97. The summed E-state index contributed by atoms with van der Waals surface area (Å²) in [6.07, 6.45) is 3.27. The van der Waals surface area contributed by atoms with Gasteiger partial charge in [-0.2, -0.15) is 0 Å². The number of pyridine rings is 1. The Morgan fingerprint density at radius 3 is 2.52 bits per heavy atom. The lowest BCUT2D eigenvalue weighted by molar-refractivity contribution is 0.00578. The number of halogens is 1. The van der Waals surface area contributed by atoms with E-state index in [1.807, 2.05) is 27.7 Å². The normalized spacial score (nSPS) is 21.3. The van der Waals surface area contributed by atoms with Crippen LogP contribution in [0.25, 0.3) is 5.69 Å². The third-order valence-electron chi connectivity index (χ3n) is 4.03. The van der Waals surface area contributed by atoms with E-state index in [0.717, 1.165) is 0 Å². The van der Waals surface area contributed by atoms with Gasteiger partial charge in [0.15, 0.2) is 0 Å². The van der Waals surface area contributed by atoms with Gasteiger partial charge in [0.25, 0.3) is 0 Å². The van der Waals surface area contributed by atoms with Gasteiger partial charge in [0, 0.05) is 17.8 Å².